The van der Waals surface area contributed by atoms with Crippen molar-refractivity contribution in [3.63, 3.8) is 0 Å². The molecule has 0 saturated carbocycles. The molecular formula is C22H40O5. The second-order valence-corrected chi connectivity index (χ2v) is 8.80. The van der Waals surface area contributed by atoms with Crippen LogP contribution in [0.25, 0.3) is 0 Å². The Morgan fingerprint density at radius 1 is 1.04 bits per heavy atom. The molecule has 0 aliphatic carbocycles. The van der Waals surface area contributed by atoms with Gasteiger partial charge in [-0.3, -0.25) is 4.79 Å². The van der Waals surface area contributed by atoms with Crippen molar-refractivity contribution >= 4 is 5.97 Å². The Morgan fingerprint density at radius 3 is 2.19 bits per heavy atom. The van der Waals surface area contributed by atoms with Gasteiger partial charge in [0.2, 0.25) is 0 Å². The van der Waals surface area contributed by atoms with Gasteiger partial charge in [0.05, 0.1) is 24.2 Å². The summed E-state index contributed by atoms with van der Waals surface area (Å²) < 4.78 is 5.72. The SMILES string of the molecule is CCC[C@H]1OC(=O)[C@H](C)[C@@H](O)C(C)=CC(C)C[C@@H](C)C(O)[C@H](C)[C@@H](O)[C@H]1C. The van der Waals surface area contributed by atoms with Crippen molar-refractivity contribution in [2.24, 2.45) is 29.6 Å². The molecule has 5 heteroatoms. The molecular weight excluding hydrogens is 344 g/mol. The first-order valence-corrected chi connectivity index (χ1v) is 10.4. The number of rotatable bonds is 2. The van der Waals surface area contributed by atoms with Gasteiger partial charge in [0.15, 0.2) is 0 Å². The molecule has 0 aromatic heterocycles. The number of aliphatic hydroxyl groups is 3. The number of allylic oxidation sites excluding steroid dienone is 1. The molecule has 3 N–H and O–H groups in total. The molecule has 0 radical (unpaired) electrons. The summed E-state index contributed by atoms with van der Waals surface area (Å²) in [6.45, 7) is 13.3. The predicted octanol–water partition coefficient (Wildman–Crippen LogP) is 3.31. The van der Waals surface area contributed by atoms with Crippen LogP contribution in [0.1, 0.15) is 67.7 Å². The van der Waals surface area contributed by atoms with Crippen molar-refractivity contribution in [2.45, 2.75) is 92.1 Å². The number of esters is 1. The molecule has 2 unspecified atom stereocenters. The molecule has 0 amide bonds. The summed E-state index contributed by atoms with van der Waals surface area (Å²) in [4.78, 5) is 12.6. The molecule has 0 aromatic carbocycles. The van der Waals surface area contributed by atoms with Crippen molar-refractivity contribution in [2.75, 3.05) is 0 Å². The minimum Gasteiger partial charge on any atom is -0.462 e. The van der Waals surface area contributed by atoms with Gasteiger partial charge in [-0.25, -0.2) is 0 Å². The maximum Gasteiger partial charge on any atom is 0.311 e. The third kappa shape index (κ3) is 6.30. The lowest BCUT2D eigenvalue weighted by molar-refractivity contribution is -0.163. The standard InChI is InChI=1S/C22H40O5/c1-8-9-18-15(5)21(25)16(6)19(23)13(3)10-12(2)11-14(4)20(24)17(7)22(26)27-18/h11-13,15-21,23-25H,8-10H2,1-7H3/t12?,13-,15+,16+,17-,18-,19?,20+,21+/m1/s1. The van der Waals surface area contributed by atoms with Gasteiger partial charge in [-0.2, -0.15) is 0 Å². The molecule has 5 nitrogen and oxygen atoms in total. The molecule has 1 rings (SSSR count). The first-order chi connectivity index (χ1) is 12.5. The Hall–Kier alpha value is -0.910. The van der Waals surface area contributed by atoms with E-state index in [1.165, 1.54) is 0 Å². The van der Waals surface area contributed by atoms with E-state index in [0.717, 1.165) is 18.4 Å². The van der Waals surface area contributed by atoms with E-state index in [-0.39, 0.29) is 23.7 Å². The maximum atomic E-state index is 12.6. The van der Waals surface area contributed by atoms with Crippen LogP contribution >= 0.6 is 0 Å². The van der Waals surface area contributed by atoms with Crippen LogP contribution in [-0.2, 0) is 9.53 Å². The molecule has 158 valence electrons. The highest BCUT2D eigenvalue weighted by molar-refractivity contribution is 5.73. The molecule has 9 atom stereocenters. The number of cyclic esters (lactones) is 1. The van der Waals surface area contributed by atoms with Crippen LogP contribution in [0, 0.1) is 29.6 Å². The van der Waals surface area contributed by atoms with Gasteiger partial charge in [0.25, 0.3) is 0 Å². The van der Waals surface area contributed by atoms with Crippen LogP contribution in [0.4, 0.5) is 0 Å². The van der Waals surface area contributed by atoms with Crippen molar-refractivity contribution < 1.29 is 24.9 Å². The van der Waals surface area contributed by atoms with Crippen molar-refractivity contribution in [3.8, 4) is 0 Å². The minimum absolute atomic E-state index is 0.00517. The van der Waals surface area contributed by atoms with E-state index in [2.05, 4.69) is 0 Å². The van der Waals surface area contributed by atoms with Crippen molar-refractivity contribution in [1.29, 1.82) is 0 Å². The Morgan fingerprint density at radius 2 is 1.63 bits per heavy atom. The third-order valence-electron chi connectivity index (χ3n) is 6.23. The normalized spacial score (nSPS) is 42.8. The van der Waals surface area contributed by atoms with Gasteiger partial charge >= 0.3 is 5.97 Å². The summed E-state index contributed by atoms with van der Waals surface area (Å²) in [6, 6.07) is 0. The summed E-state index contributed by atoms with van der Waals surface area (Å²) in [5.41, 5.74) is 0.749. The van der Waals surface area contributed by atoms with E-state index >= 15 is 0 Å². The van der Waals surface area contributed by atoms with E-state index in [4.69, 9.17) is 4.74 Å². The number of hydrogen-bond donors (Lipinski definition) is 3. The highest BCUT2D eigenvalue weighted by Gasteiger charge is 2.37. The summed E-state index contributed by atoms with van der Waals surface area (Å²) in [5, 5.41) is 32.2. The first kappa shape index (κ1) is 24.1. The fraction of sp³-hybridized carbons (Fsp3) is 0.864. The lowest BCUT2D eigenvalue weighted by Crippen LogP contribution is -2.44. The van der Waals surface area contributed by atoms with Crippen LogP contribution in [0.2, 0.25) is 0 Å². The van der Waals surface area contributed by atoms with Crippen LogP contribution in [0.15, 0.2) is 11.6 Å². The fourth-order valence-corrected chi connectivity index (χ4v) is 4.25. The van der Waals surface area contributed by atoms with Crippen LogP contribution in [0.5, 0.6) is 0 Å². The van der Waals surface area contributed by atoms with Gasteiger partial charge in [-0.15, -0.1) is 0 Å². The highest BCUT2D eigenvalue weighted by atomic mass is 16.5. The minimum atomic E-state index is -0.899. The van der Waals surface area contributed by atoms with Crippen molar-refractivity contribution in [1.82, 2.24) is 0 Å². The van der Waals surface area contributed by atoms with Gasteiger partial charge in [0, 0.05) is 11.8 Å². The molecule has 1 aliphatic heterocycles. The zero-order valence-electron chi connectivity index (χ0n) is 18.1. The maximum absolute atomic E-state index is 12.6. The number of carbonyl (C=O) groups is 1. The largest absolute Gasteiger partial charge is 0.462 e. The van der Waals surface area contributed by atoms with Gasteiger partial charge in [-0.1, -0.05) is 47.1 Å². The summed E-state index contributed by atoms with van der Waals surface area (Å²) >= 11 is 0. The average Bonchev–Trinajstić information content (AvgIpc) is 2.62. The van der Waals surface area contributed by atoms with Crippen LogP contribution in [0.3, 0.4) is 0 Å². The molecule has 0 spiro atoms. The summed E-state index contributed by atoms with van der Waals surface area (Å²) in [7, 11) is 0. The monoisotopic (exact) mass is 384 g/mol. The van der Waals surface area contributed by atoms with Gasteiger partial charge in [0.1, 0.15) is 6.10 Å². The van der Waals surface area contributed by atoms with E-state index in [9.17, 15) is 20.1 Å². The molecule has 0 saturated heterocycles. The Bertz CT molecular complexity index is 503. The molecule has 1 heterocycles. The predicted molar refractivity (Wildman–Crippen MR) is 107 cm³/mol. The zero-order valence-corrected chi connectivity index (χ0v) is 18.1. The Labute approximate surface area is 164 Å². The van der Waals surface area contributed by atoms with Gasteiger partial charge in [-0.05, 0) is 44.1 Å². The van der Waals surface area contributed by atoms with Crippen LogP contribution in [-0.4, -0.2) is 45.7 Å². The zero-order chi connectivity index (χ0) is 20.9. The Balaban J connectivity index is 3.24. The quantitative estimate of drug-likeness (QED) is 0.502. The smallest absolute Gasteiger partial charge is 0.311 e. The van der Waals surface area contributed by atoms with E-state index < -0.39 is 36.3 Å². The highest BCUT2D eigenvalue weighted by Crippen LogP contribution is 2.30. The summed E-state index contributed by atoms with van der Waals surface area (Å²) in [6.07, 6.45) is 1.40. The lowest BCUT2D eigenvalue weighted by Gasteiger charge is -2.36. The number of carbonyl (C=O) groups excluding carboxylic acids is 1. The average molecular weight is 385 g/mol. The second kappa shape index (κ2) is 10.6. The topological polar surface area (TPSA) is 87.0 Å². The van der Waals surface area contributed by atoms with E-state index in [1.54, 1.807) is 6.92 Å². The fourth-order valence-electron chi connectivity index (χ4n) is 4.25. The number of aliphatic hydroxyl groups excluding tert-OH is 3. The van der Waals surface area contributed by atoms with Gasteiger partial charge < -0.3 is 20.1 Å². The van der Waals surface area contributed by atoms with E-state index in [0.29, 0.717) is 6.42 Å². The number of hydrogen-bond acceptors (Lipinski definition) is 5. The Kier molecular flexibility index (Phi) is 9.46. The van der Waals surface area contributed by atoms with Crippen LogP contribution < -0.4 is 0 Å². The molecule has 0 aromatic rings. The second-order valence-electron chi connectivity index (χ2n) is 8.80. The third-order valence-corrected chi connectivity index (χ3v) is 6.23. The lowest BCUT2D eigenvalue weighted by atomic mass is 9.79. The summed E-state index contributed by atoms with van der Waals surface area (Å²) in [5.74, 6) is -1.58. The molecule has 0 fully saturated rings. The van der Waals surface area contributed by atoms with Crippen molar-refractivity contribution in [3.05, 3.63) is 11.6 Å². The molecule has 1 aliphatic rings. The molecule has 27 heavy (non-hydrogen) atoms. The number of ether oxygens (including phenoxy) is 1. The first-order valence-electron chi connectivity index (χ1n) is 10.4. The van der Waals surface area contributed by atoms with E-state index in [1.807, 2.05) is 47.6 Å². The molecule has 0 bridgehead atoms.